The second kappa shape index (κ2) is 12.2. The van der Waals surface area contributed by atoms with Crippen LogP contribution in [0.15, 0.2) is 36.4 Å². The molecule has 12 nitrogen and oxygen atoms in total. The Balaban J connectivity index is 1.32. The third-order valence-electron chi connectivity index (χ3n) is 9.72. The zero-order valence-corrected chi connectivity index (χ0v) is 23.4. The predicted octanol–water partition coefficient (Wildman–Crippen LogP) is -0.0520. The minimum Gasteiger partial charge on any atom is -0.508 e. The Morgan fingerprint density at radius 2 is 1.83 bits per heavy atom. The van der Waals surface area contributed by atoms with E-state index in [0.29, 0.717) is 36.8 Å². The van der Waals surface area contributed by atoms with Gasteiger partial charge in [0.1, 0.15) is 42.4 Å². The van der Waals surface area contributed by atoms with E-state index in [1.807, 2.05) is 6.92 Å². The number of phenolic OH excluding ortho intramolecular Hbond substituents is 1. The fourth-order valence-electron chi connectivity index (χ4n) is 7.32. The first-order valence-electron chi connectivity index (χ1n) is 14.4. The van der Waals surface area contributed by atoms with Gasteiger partial charge in [-0.25, -0.2) is 9.59 Å². The van der Waals surface area contributed by atoms with Crippen LogP contribution in [0.2, 0.25) is 0 Å². The number of carbonyl (C=O) groups is 2. The van der Waals surface area contributed by atoms with Gasteiger partial charge in [0.05, 0.1) is 13.2 Å². The van der Waals surface area contributed by atoms with Crippen LogP contribution < -0.4 is 0 Å². The van der Waals surface area contributed by atoms with E-state index in [2.05, 4.69) is 6.58 Å². The lowest BCUT2D eigenvalue weighted by atomic mass is 9.52. The molecule has 0 amide bonds. The molecule has 2 saturated heterocycles. The summed E-state index contributed by atoms with van der Waals surface area (Å²) in [7, 11) is 0. The van der Waals surface area contributed by atoms with Crippen LogP contribution in [-0.2, 0) is 35.0 Å². The van der Waals surface area contributed by atoms with E-state index in [1.54, 1.807) is 12.1 Å². The van der Waals surface area contributed by atoms with Crippen molar-refractivity contribution in [3.63, 3.8) is 0 Å². The lowest BCUT2D eigenvalue weighted by molar-refractivity contribution is -0.306. The molecule has 0 aromatic heterocycles. The molecule has 12 heteroatoms. The summed E-state index contributed by atoms with van der Waals surface area (Å²) >= 11 is 0. The summed E-state index contributed by atoms with van der Waals surface area (Å²) in [6.45, 7) is 5.38. The fraction of sp³-hybridized carbons (Fsp3) is 0.667. The molecule has 1 aromatic carbocycles. The van der Waals surface area contributed by atoms with Gasteiger partial charge in [0.25, 0.3) is 0 Å². The van der Waals surface area contributed by atoms with Crippen molar-refractivity contribution in [3.8, 4) is 5.75 Å². The first-order chi connectivity index (χ1) is 19.9. The van der Waals surface area contributed by atoms with Gasteiger partial charge in [-0.3, -0.25) is 0 Å². The standard InChI is InChI=1S/C30H40O12/c1-14-18-9-10-30(2)21(41-28(38)19(33)11-15-3-6-17(32)7-4-15)8-5-16(22(30)26(18)42-27(14)37)13-39-29-25(36)24(35)23(34)20(12-31)40-29/h3-4,6-7,16,18-26,29,31-36H,1,5,8-13H2,2H3. The van der Waals surface area contributed by atoms with Gasteiger partial charge in [0.15, 0.2) is 12.4 Å². The number of phenols is 1. The number of benzene rings is 1. The van der Waals surface area contributed by atoms with E-state index >= 15 is 0 Å². The average Bonchev–Trinajstić information content (AvgIpc) is 3.26. The Morgan fingerprint density at radius 3 is 2.52 bits per heavy atom. The van der Waals surface area contributed by atoms with Crippen LogP contribution in [0.5, 0.6) is 5.75 Å². The van der Waals surface area contributed by atoms with Crippen molar-refractivity contribution in [2.75, 3.05) is 13.2 Å². The molecular weight excluding hydrogens is 552 g/mol. The van der Waals surface area contributed by atoms with E-state index in [0.717, 1.165) is 0 Å². The van der Waals surface area contributed by atoms with Crippen molar-refractivity contribution >= 4 is 11.9 Å². The molecule has 0 bridgehead atoms. The molecule has 12 unspecified atom stereocenters. The first kappa shape index (κ1) is 30.9. The number of esters is 2. The molecule has 2 aliphatic heterocycles. The number of carbonyl (C=O) groups excluding carboxylic acids is 2. The Kier molecular flexibility index (Phi) is 8.96. The Labute approximate surface area is 243 Å². The molecule has 5 rings (SSSR count). The molecule has 2 heterocycles. The fourth-order valence-corrected chi connectivity index (χ4v) is 7.32. The second-order valence-corrected chi connectivity index (χ2v) is 12.3. The van der Waals surface area contributed by atoms with E-state index < -0.39 is 73.0 Å². The van der Waals surface area contributed by atoms with Gasteiger partial charge >= 0.3 is 11.9 Å². The second-order valence-electron chi connectivity index (χ2n) is 12.3. The summed E-state index contributed by atoms with van der Waals surface area (Å²) in [5.74, 6) is -1.92. The summed E-state index contributed by atoms with van der Waals surface area (Å²) in [6.07, 6.45) is -7.42. The summed E-state index contributed by atoms with van der Waals surface area (Å²) < 4.78 is 23.2. The number of aliphatic hydroxyl groups excluding tert-OH is 5. The molecule has 2 aliphatic carbocycles. The van der Waals surface area contributed by atoms with Gasteiger partial charge in [0, 0.05) is 29.2 Å². The Hall–Kier alpha value is -2.58. The number of ether oxygens (including phenoxy) is 4. The lowest BCUT2D eigenvalue weighted by Crippen LogP contribution is -2.60. The summed E-state index contributed by atoms with van der Waals surface area (Å²) in [5.41, 5.74) is 0.410. The summed E-state index contributed by atoms with van der Waals surface area (Å²) in [6, 6.07) is 6.18. The molecule has 1 aromatic rings. The highest BCUT2D eigenvalue weighted by Crippen LogP contribution is 2.58. The first-order valence-corrected chi connectivity index (χ1v) is 14.4. The quantitative estimate of drug-likeness (QED) is 0.174. The minimum atomic E-state index is -1.58. The van der Waals surface area contributed by atoms with Gasteiger partial charge in [-0.2, -0.15) is 0 Å². The molecular formula is C30H40O12. The predicted molar refractivity (Wildman–Crippen MR) is 143 cm³/mol. The molecule has 12 atom stereocenters. The van der Waals surface area contributed by atoms with Crippen LogP contribution in [0.25, 0.3) is 0 Å². The number of hydrogen-bond donors (Lipinski definition) is 6. The average molecular weight is 593 g/mol. The van der Waals surface area contributed by atoms with Crippen LogP contribution in [0.1, 0.15) is 38.2 Å². The Morgan fingerprint density at radius 1 is 1.12 bits per heavy atom. The molecule has 0 radical (unpaired) electrons. The molecule has 6 N–H and O–H groups in total. The van der Waals surface area contributed by atoms with Gasteiger partial charge in [-0.1, -0.05) is 25.6 Å². The van der Waals surface area contributed by atoms with Gasteiger partial charge in [-0.15, -0.1) is 0 Å². The molecule has 4 aliphatic rings. The highest BCUT2D eigenvalue weighted by molar-refractivity contribution is 5.91. The van der Waals surface area contributed by atoms with Crippen LogP contribution in [-0.4, -0.2) is 105 Å². The minimum absolute atomic E-state index is 0.0175. The van der Waals surface area contributed by atoms with Gasteiger partial charge < -0.3 is 49.6 Å². The zero-order valence-electron chi connectivity index (χ0n) is 23.4. The van der Waals surface area contributed by atoms with Crippen molar-refractivity contribution in [1.82, 2.24) is 0 Å². The van der Waals surface area contributed by atoms with Crippen LogP contribution in [0.3, 0.4) is 0 Å². The number of hydrogen-bond acceptors (Lipinski definition) is 12. The molecule has 0 spiro atoms. The molecule has 42 heavy (non-hydrogen) atoms. The topological polar surface area (TPSA) is 192 Å². The maximum absolute atomic E-state index is 13.0. The van der Waals surface area contributed by atoms with E-state index in [-0.39, 0.29) is 36.5 Å². The number of aromatic hydroxyl groups is 1. The van der Waals surface area contributed by atoms with Crippen molar-refractivity contribution in [2.45, 2.75) is 88.0 Å². The Bertz CT molecular complexity index is 1150. The largest absolute Gasteiger partial charge is 0.508 e. The lowest BCUT2D eigenvalue weighted by Gasteiger charge is -2.55. The van der Waals surface area contributed by atoms with Crippen LogP contribution in [0, 0.1) is 23.2 Å². The third kappa shape index (κ3) is 5.69. The molecule has 232 valence electrons. The maximum atomic E-state index is 13.0. The number of aliphatic hydroxyl groups is 5. The van der Waals surface area contributed by atoms with Crippen molar-refractivity contribution in [1.29, 1.82) is 0 Å². The van der Waals surface area contributed by atoms with Gasteiger partial charge in [0.2, 0.25) is 0 Å². The van der Waals surface area contributed by atoms with E-state index in [1.165, 1.54) is 12.1 Å². The normalized spacial score (nSPS) is 40.5. The van der Waals surface area contributed by atoms with E-state index in [9.17, 15) is 40.2 Å². The van der Waals surface area contributed by atoms with Crippen LogP contribution >= 0.6 is 0 Å². The smallest absolute Gasteiger partial charge is 0.335 e. The maximum Gasteiger partial charge on any atom is 0.335 e. The zero-order chi connectivity index (χ0) is 30.3. The van der Waals surface area contributed by atoms with Crippen molar-refractivity contribution in [2.24, 2.45) is 23.2 Å². The van der Waals surface area contributed by atoms with Gasteiger partial charge in [-0.05, 0) is 49.3 Å². The van der Waals surface area contributed by atoms with Crippen molar-refractivity contribution in [3.05, 3.63) is 42.0 Å². The van der Waals surface area contributed by atoms with Crippen LogP contribution in [0.4, 0.5) is 0 Å². The third-order valence-corrected chi connectivity index (χ3v) is 9.72. The highest BCUT2D eigenvalue weighted by Gasteiger charge is 2.61. The SMILES string of the molecule is C=C1C(=O)OC2C1CCC1(C)C(OC(=O)C(O)Cc3ccc(O)cc3)CCC(COC3OC(CO)C(O)C(O)C3O)C21. The summed E-state index contributed by atoms with van der Waals surface area (Å²) in [5, 5.41) is 60.3. The number of fused-ring (bicyclic) bond motifs is 3. The highest BCUT2D eigenvalue weighted by atomic mass is 16.7. The molecule has 4 fully saturated rings. The number of rotatable bonds is 8. The molecule has 2 saturated carbocycles. The van der Waals surface area contributed by atoms with E-state index in [4.69, 9.17) is 18.9 Å². The summed E-state index contributed by atoms with van der Waals surface area (Å²) in [4.78, 5) is 25.6. The monoisotopic (exact) mass is 592 g/mol. The van der Waals surface area contributed by atoms with Crippen molar-refractivity contribution < 1.29 is 59.2 Å².